The molecule has 2 N–H and O–H groups in total. The fourth-order valence-corrected chi connectivity index (χ4v) is 10.4. The second-order valence-electron chi connectivity index (χ2n) is 14.8. The molecule has 10 nitrogen and oxygen atoms in total. The lowest BCUT2D eigenvalue weighted by molar-refractivity contribution is -0.140. The summed E-state index contributed by atoms with van der Waals surface area (Å²) in [7, 11) is 2.99. The number of imide groups is 2. The Balaban J connectivity index is 1.68. The number of carboxylic acid groups (broad SMARTS) is 2. The molecule has 2 heterocycles. The monoisotopic (exact) mass is 768 g/mol. The van der Waals surface area contributed by atoms with E-state index in [1.165, 1.54) is 108 Å². The molecule has 0 aromatic rings. The fourth-order valence-electron chi connectivity index (χ4n) is 7.12. The first-order valence-corrected chi connectivity index (χ1v) is 22.9. The van der Waals surface area contributed by atoms with Gasteiger partial charge in [0.15, 0.2) is 0 Å². The van der Waals surface area contributed by atoms with E-state index < -0.39 is 11.9 Å². The van der Waals surface area contributed by atoms with E-state index in [2.05, 4.69) is 0 Å². The summed E-state index contributed by atoms with van der Waals surface area (Å²) in [6.07, 6.45) is 29.3. The molecule has 2 unspecified atom stereocenters. The molecule has 298 valence electrons. The zero-order valence-corrected chi connectivity index (χ0v) is 33.5. The van der Waals surface area contributed by atoms with Crippen molar-refractivity contribution >= 4 is 57.2 Å². The largest absolute Gasteiger partial charge is 0.481 e. The number of hydrogen-bond acceptors (Lipinski definition) is 8. The van der Waals surface area contributed by atoms with Crippen LogP contribution >= 0.6 is 21.6 Å². The Morgan fingerprint density at radius 2 is 0.615 bits per heavy atom. The quantitative estimate of drug-likeness (QED) is 0.0362. The SMILES string of the molecule is O=C(O)CCCCCCCCCCCCCCC(SSC(CCCCCCCCCCCCCCC(=O)O)N1C(=O)CCC1=O)N1C(=O)CCC1=O. The summed E-state index contributed by atoms with van der Waals surface area (Å²) in [5.74, 6) is -1.90. The summed E-state index contributed by atoms with van der Waals surface area (Å²) in [5.41, 5.74) is 0. The highest BCUT2D eigenvalue weighted by molar-refractivity contribution is 8.77. The van der Waals surface area contributed by atoms with Gasteiger partial charge < -0.3 is 10.2 Å². The van der Waals surface area contributed by atoms with Crippen LogP contribution in [0.25, 0.3) is 0 Å². The maximum Gasteiger partial charge on any atom is 0.303 e. The van der Waals surface area contributed by atoms with Crippen LogP contribution in [0.15, 0.2) is 0 Å². The van der Waals surface area contributed by atoms with Crippen molar-refractivity contribution in [2.45, 2.75) is 216 Å². The Morgan fingerprint density at radius 3 is 0.846 bits per heavy atom. The van der Waals surface area contributed by atoms with Gasteiger partial charge in [0.25, 0.3) is 0 Å². The number of aliphatic carboxylic acids is 2. The van der Waals surface area contributed by atoms with Crippen LogP contribution in [-0.2, 0) is 28.8 Å². The maximum absolute atomic E-state index is 12.7. The molecule has 2 aliphatic heterocycles. The molecular weight excluding hydrogens is 701 g/mol. The van der Waals surface area contributed by atoms with Gasteiger partial charge in [0.2, 0.25) is 23.6 Å². The summed E-state index contributed by atoms with van der Waals surface area (Å²) >= 11 is 0. The summed E-state index contributed by atoms with van der Waals surface area (Å²) < 4.78 is 0. The van der Waals surface area contributed by atoms with Gasteiger partial charge in [-0.3, -0.25) is 38.6 Å². The minimum absolute atomic E-state index is 0.120. The minimum atomic E-state index is -0.708. The molecule has 0 spiro atoms. The Hall–Kier alpha value is -2.08. The molecule has 2 atom stereocenters. The van der Waals surface area contributed by atoms with E-state index in [4.69, 9.17) is 10.2 Å². The van der Waals surface area contributed by atoms with E-state index in [1.54, 1.807) is 0 Å². The topological polar surface area (TPSA) is 149 Å². The van der Waals surface area contributed by atoms with Crippen LogP contribution in [0.3, 0.4) is 0 Å². The molecule has 0 saturated carbocycles. The van der Waals surface area contributed by atoms with Gasteiger partial charge >= 0.3 is 11.9 Å². The number of carboxylic acids is 2. The third-order valence-electron chi connectivity index (χ3n) is 10.2. The van der Waals surface area contributed by atoms with Crippen LogP contribution < -0.4 is 0 Å². The molecule has 52 heavy (non-hydrogen) atoms. The van der Waals surface area contributed by atoms with Crippen molar-refractivity contribution < 1.29 is 39.0 Å². The predicted molar refractivity (Wildman–Crippen MR) is 209 cm³/mol. The van der Waals surface area contributed by atoms with Crippen molar-refractivity contribution in [3.05, 3.63) is 0 Å². The standard InChI is InChI=1S/C40H68N2O8S2/c43-33-29-30-34(44)41(33)37(25-21-17-13-9-5-1-3-7-11-15-19-23-27-39(47)48)51-52-38(42-35(45)31-32-36(42)46)26-22-18-14-10-6-2-4-8-12-16-20-24-28-40(49)50/h37-38H,1-32H2,(H,47,48)(H,49,50). The Morgan fingerprint density at radius 1 is 0.404 bits per heavy atom. The molecule has 2 rings (SSSR count). The third kappa shape index (κ3) is 21.0. The second kappa shape index (κ2) is 29.3. The molecule has 2 saturated heterocycles. The lowest BCUT2D eigenvalue weighted by Crippen LogP contribution is -2.39. The Bertz CT molecular complexity index is 960. The Labute approximate surface area is 321 Å². The smallest absolute Gasteiger partial charge is 0.303 e. The number of rotatable bonds is 35. The lowest BCUT2D eigenvalue weighted by Gasteiger charge is -2.30. The molecule has 4 amide bonds. The first kappa shape index (κ1) is 46.1. The normalized spacial score (nSPS) is 16.0. The lowest BCUT2D eigenvalue weighted by atomic mass is 10.0. The van der Waals surface area contributed by atoms with Crippen LogP contribution in [0.4, 0.5) is 0 Å². The van der Waals surface area contributed by atoms with E-state index in [0.717, 1.165) is 89.9 Å². The highest BCUT2D eigenvalue weighted by Gasteiger charge is 2.39. The average molecular weight is 769 g/mol. The second-order valence-corrected chi connectivity index (χ2v) is 17.4. The molecule has 0 bridgehead atoms. The van der Waals surface area contributed by atoms with E-state index in [1.807, 2.05) is 0 Å². The van der Waals surface area contributed by atoms with Gasteiger partial charge in [0, 0.05) is 38.5 Å². The van der Waals surface area contributed by atoms with Gasteiger partial charge in [0.1, 0.15) is 0 Å². The number of nitrogens with zero attached hydrogens (tertiary/aromatic N) is 2. The molecule has 2 aliphatic rings. The number of carbonyl (C=O) groups excluding carboxylic acids is 4. The summed E-state index contributed by atoms with van der Waals surface area (Å²) in [6, 6.07) is 0. The number of unbranched alkanes of at least 4 members (excludes halogenated alkanes) is 22. The van der Waals surface area contributed by atoms with E-state index in [-0.39, 0.29) is 72.9 Å². The third-order valence-corrected chi connectivity index (χ3v) is 13.3. The maximum atomic E-state index is 12.7. The first-order chi connectivity index (χ1) is 25.2. The predicted octanol–water partition coefficient (Wildman–Crippen LogP) is 10.4. The summed E-state index contributed by atoms with van der Waals surface area (Å²) in [4.78, 5) is 75.0. The summed E-state index contributed by atoms with van der Waals surface area (Å²) in [6.45, 7) is 0. The molecule has 0 aliphatic carbocycles. The number of carbonyl (C=O) groups is 6. The molecule has 12 heteroatoms. The fraction of sp³-hybridized carbons (Fsp3) is 0.850. The van der Waals surface area contributed by atoms with Crippen molar-refractivity contribution in [2.75, 3.05) is 0 Å². The molecule has 0 aromatic carbocycles. The van der Waals surface area contributed by atoms with Crippen molar-refractivity contribution in [3.63, 3.8) is 0 Å². The van der Waals surface area contributed by atoms with Crippen LogP contribution in [0, 0.1) is 0 Å². The van der Waals surface area contributed by atoms with Gasteiger partial charge in [0.05, 0.1) is 10.7 Å². The summed E-state index contributed by atoms with van der Waals surface area (Å²) in [5, 5.41) is 16.9. The van der Waals surface area contributed by atoms with E-state index in [0.29, 0.717) is 0 Å². The van der Waals surface area contributed by atoms with Crippen molar-refractivity contribution in [3.8, 4) is 0 Å². The Kier molecular flexibility index (Phi) is 26.0. The number of hydrogen-bond donors (Lipinski definition) is 2. The van der Waals surface area contributed by atoms with Gasteiger partial charge in [-0.05, 0) is 25.7 Å². The molecular formula is C40H68N2O8S2. The van der Waals surface area contributed by atoms with E-state index >= 15 is 0 Å². The molecule has 0 aromatic heterocycles. The average Bonchev–Trinajstić information content (AvgIpc) is 3.63. The van der Waals surface area contributed by atoms with Crippen molar-refractivity contribution in [1.29, 1.82) is 0 Å². The van der Waals surface area contributed by atoms with Gasteiger partial charge in [-0.15, -0.1) is 0 Å². The first-order valence-electron chi connectivity index (χ1n) is 20.7. The highest BCUT2D eigenvalue weighted by atomic mass is 33.1. The van der Waals surface area contributed by atoms with Crippen LogP contribution in [0.2, 0.25) is 0 Å². The molecule has 0 radical (unpaired) electrons. The van der Waals surface area contributed by atoms with Gasteiger partial charge in [-0.1, -0.05) is 163 Å². The van der Waals surface area contributed by atoms with Crippen LogP contribution in [-0.4, -0.2) is 66.3 Å². The zero-order valence-electron chi connectivity index (χ0n) is 31.8. The minimum Gasteiger partial charge on any atom is -0.481 e. The van der Waals surface area contributed by atoms with E-state index in [9.17, 15) is 28.8 Å². The van der Waals surface area contributed by atoms with Gasteiger partial charge in [-0.25, -0.2) is 0 Å². The van der Waals surface area contributed by atoms with Crippen LogP contribution in [0.1, 0.15) is 205 Å². The number of likely N-dealkylation sites (tertiary alicyclic amines) is 2. The molecule has 2 fully saturated rings. The van der Waals surface area contributed by atoms with Crippen molar-refractivity contribution in [2.24, 2.45) is 0 Å². The van der Waals surface area contributed by atoms with Crippen LogP contribution in [0.5, 0.6) is 0 Å². The number of amides is 4. The highest BCUT2D eigenvalue weighted by Crippen LogP contribution is 2.41. The van der Waals surface area contributed by atoms with Crippen molar-refractivity contribution in [1.82, 2.24) is 9.80 Å². The van der Waals surface area contributed by atoms with Gasteiger partial charge in [-0.2, -0.15) is 0 Å². The zero-order chi connectivity index (χ0) is 37.8.